The van der Waals surface area contributed by atoms with Gasteiger partial charge in [-0.05, 0) is 25.0 Å². The fourth-order valence-electron chi connectivity index (χ4n) is 3.11. The summed E-state index contributed by atoms with van der Waals surface area (Å²) in [6.07, 6.45) is 3.29. The summed E-state index contributed by atoms with van der Waals surface area (Å²) >= 11 is 0. The van der Waals surface area contributed by atoms with Crippen molar-refractivity contribution in [3.05, 3.63) is 48.2 Å². The Labute approximate surface area is 96.4 Å². The molecule has 1 aromatic carbocycles. The van der Waals surface area contributed by atoms with Gasteiger partial charge in [0, 0.05) is 28.6 Å². The monoisotopic (exact) mass is 211 g/mol. The second kappa shape index (κ2) is 3.00. The average Bonchev–Trinajstić information content (AvgIpc) is 2.80. The van der Waals surface area contributed by atoms with Crippen LogP contribution in [0.3, 0.4) is 0 Å². The number of aromatic nitrogens is 1. The molecule has 0 saturated carbocycles. The second-order valence-corrected chi connectivity index (χ2v) is 5.01. The van der Waals surface area contributed by atoms with Gasteiger partial charge in [-0.1, -0.05) is 31.2 Å². The molecule has 0 bridgehead atoms. The normalized spacial score (nSPS) is 23.6. The van der Waals surface area contributed by atoms with E-state index in [0.717, 1.165) is 6.54 Å². The number of rotatable bonds is 1. The van der Waals surface area contributed by atoms with E-state index in [0.29, 0.717) is 0 Å². The largest absolute Gasteiger partial charge is 0.343 e. The van der Waals surface area contributed by atoms with E-state index in [1.54, 1.807) is 0 Å². The van der Waals surface area contributed by atoms with Crippen LogP contribution in [-0.2, 0) is 12.0 Å². The van der Waals surface area contributed by atoms with E-state index >= 15 is 0 Å². The lowest BCUT2D eigenvalue weighted by Crippen LogP contribution is -2.15. The van der Waals surface area contributed by atoms with Crippen LogP contribution in [0.15, 0.2) is 36.9 Å². The van der Waals surface area contributed by atoms with Crippen molar-refractivity contribution < 1.29 is 0 Å². The number of fused-ring (bicyclic) bond motifs is 3. The maximum Gasteiger partial charge on any atom is 0.0485 e. The Morgan fingerprint density at radius 2 is 2.12 bits per heavy atom. The van der Waals surface area contributed by atoms with E-state index < -0.39 is 0 Å². The molecule has 0 spiro atoms. The number of para-hydroxylation sites is 1. The van der Waals surface area contributed by atoms with Gasteiger partial charge in [0.25, 0.3) is 0 Å². The molecule has 0 radical (unpaired) electrons. The van der Waals surface area contributed by atoms with Gasteiger partial charge in [0.1, 0.15) is 0 Å². The van der Waals surface area contributed by atoms with Gasteiger partial charge < -0.3 is 4.57 Å². The van der Waals surface area contributed by atoms with Crippen molar-refractivity contribution in [2.45, 2.75) is 32.2 Å². The smallest absolute Gasteiger partial charge is 0.0485 e. The summed E-state index contributed by atoms with van der Waals surface area (Å²) in [5.41, 5.74) is 4.42. The lowest BCUT2D eigenvalue weighted by molar-refractivity contribution is 0.584. The molecule has 2 aromatic rings. The summed E-state index contributed by atoms with van der Waals surface area (Å²) in [6.45, 7) is 9.66. The topological polar surface area (TPSA) is 4.93 Å². The molecule has 1 aliphatic rings. The standard InChI is InChI=1S/C15H17N/c1-4-15(3)9-10-16-13-8-6-5-7-12(13)11(2)14(15)16/h4-8H,1,9-10H2,2-3H3. The van der Waals surface area contributed by atoms with Gasteiger partial charge >= 0.3 is 0 Å². The highest BCUT2D eigenvalue weighted by molar-refractivity contribution is 5.86. The van der Waals surface area contributed by atoms with Gasteiger partial charge in [0.05, 0.1) is 0 Å². The van der Waals surface area contributed by atoms with Crippen LogP contribution in [0.1, 0.15) is 24.6 Å². The third-order valence-corrected chi connectivity index (χ3v) is 4.07. The summed E-state index contributed by atoms with van der Waals surface area (Å²) in [4.78, 5) is 0. The predicted molar refractivity (Wildman–Crippen MR) is 68.8 cm³/mol. The third kappa shape index (κ3) is 1.01. The van der Waals surface area contributed by atoms with E-state index in [4.69, 9.17) is 0 Å². The van der Waals surface area contributed by atoms with E-state index in [2.05, 4.69) is 55.3 Å². The van der Waals surface area contributed by atoms with Crippen LogP contribution in [0, 0.1) is 6.92 Å². The minimum atomic E-state index is 0.156. The Morgan fingerprint density at radius 1 is 1.38 bits per heavy atom. The van der Waals surface area contributed by atoms with Crippen molar-refractivity contribution in [1.82, 2.24) is 4.57 Å². The SMILES string of the molecule is C=CC1(C)CCn2c1c(C)c1ccccc12. The van der Waals surface area contributed by atoms with Gasteiger partial charge in [-0.3, -0.25) is 0 Å². The van der Waals surface area contributed by atoms with Crippen LogP contribution in [0.25, 0.3) is 10.9 Å². The number of allylic oxidation sites excluding steroid dienone is 1. The Bertz CT molecular complexity index is 576. The van der Waals surface area contributed by atoms with E-state index in [9.17, 15) is 0 Å². The Balaban J connectivity index is 2.43. The molecule has 0 amide bonds. The summed E-state index contributed by atoms with van der Waals surface area (Å²) < 4.78 is 2.46. The fraction of sp³-hybridized carbons (Fsp3) is 0.333. The minimum Gasteiger partial charge on any atom is -0.343 e. The molecule has 16 heavy (non-hydrogen) atoms. The molecule has 1 aromatic heterocycles. The van der Waals surface area contributed by atoms with E-state index in [-0.39, 0.29) is 5.41 Å². The molecule has 1 aliphatic heterocycles. The van der Waals surface area contributed by atoms with Gasteiger partial charge in [0.2, 0.25) is 0 Å². The third-order valence-electron chi connectivity index (χ3n) is 4.07. The zero-order valence-corrected chi connectivity index (χ0v) is 9.96. The molecule has 0 aliphatic carbocycles. The first kappa shape index (κ1) is 9.71. The molecule has 0 N–H and O–H groups in total. The number of aryl methyl sites for hydroxylation is 2. The molecule has 1 unspecified atom stereocenters. The first-order chi connectivity index (χ1) is 7.67. The molecule has 2 heterocycles. The predicted octanol–water partition coefficient (Wildman–Crippen LogP) is 3.80. The number of benzene rings is 1. The Morgan fingerprint density at radius 3 is 2.88 bits per heavy atom. The maximum atomic E-state index is 4.01. The number of hydrogen-bond donors (Lipinski definition) is 0. The Hall–Kier alpha value is -1.50. The molecule has 3 rings (SSSR count). The molecular weight excluding hydrogens is 194 g/mol. The second-order valence-electron chi connectivity index (χ2n) is 5.01. The molecule has 1 atom stereocenters. The molecule has 0 saturated heterocycles. The van der Waals surface area contributed by atoms with E-state index in [1.165, 1.54) is 28.6 Å². The van der Waals surface area contributed by atoms with Crippen molar-refractivity contribution in [3.8, 4) is 0 Å². The van der Waals surface area contributed by atoms with Crippen molar-refractivity contribution in [2.24, 2.45) is 0 Å². The van der Waals surface area contributed by atoms with Gasteiger partial charge in [-0.2, -0.15) is 0 Å². The summed E-state index contributed by atoms with van der Waals surface area (Å²) in [5, 5.41) is 1.39. The summed E-state index contributed by atoms with van der Waals surface area (Å²) in [7, 11) is 0. The van der Waals surface area contributed by atoms with Crippen molar-refractivity contribution in [2.75, 3.05) is 0 Å². The molecule has 1 nitrogen and oxygen atoms in total. The quantitative estimate of drug-likeness (QED) is 0.632. The number of nitrogens with zero attached hydrogens (tertiary/aromatic N) is 1. The first-order valence-corrected chi connectivity index (χ1v) is 5.89. The van der Waals surface area contributed by atoms with Crippen LogP contribution < -0.4 is 0 Å². The molecule has 0 fully saturated rings. The van der Waals surface area contributed by atoms with Crippen LogP contribution >= 0.6 is 0 Å². The molecular formula is C15H17N. The van der Waals surface area contributed by atoms with E-state index in [1.807, 2.05) is 0 Å². The average molecular weight is 211 g/mol. The van der Waals surface area contributed by atoms with Crippen molar-refractivity contribution >= 4 is 10.9 Å². The van der Waals surface area contributed by atoms with Crippen molar-refractivity contribution in [1.29, 1.82) is 0 Å². The van der Waals surface area contributed by atoms with Crippen LogP contribution in [-0.4, -0.2) is 4.57 Å². The zero-order chi connectivity index (χ0) is 11.3. The van der Waals surface area contributed by atoms with Crippen LogP contribution in [0.5, 0.6) is 0 Å². The minimum absolute atomic E-state index is 0.156. The van der Waals surface area contributed by atoms with Crippen LogP contribution in [0.4, 0.5) is 0 Å². The Kier molecular flexibility index (Phi) is 1.82. The maximum absolute atomic E-state index is 4.01. The van der Waals surface area contributed by atoms with Crippen LogP contribution in [0.2, 0.25) is 0 Å². The van der Waals surface area contributed by atoms with Gasteiger partial charge in [0.15, 0.2) is 0 Å². The summed E-state index contributed by atoms with van der Waals surface area (Å²) in [6, 6.07) is 8.69. The summed E-state index contributed by atoms with van der Waals surface area (Å²) in [5.74, 6) is 0. The van der Waals surface area contributed by atoms with Crippen molar-refractivity contribution in [3.63, 3.8) is 0 Å². The molecule has 82 valence electrons. The first-order valence-electron chi connectivity index (χ1n) is 5.89. The lowest BCUT2D eigenvalue weighted by atomic mass is 9.84. The lowest BCUT2D eigenvalue weighted by Gasteiger charge is -2.19. The van der Waals surface area contributed by atoms with Gasteiger partial charge in [-0.15, -0.1) is 6.58 Å². The number of hydrogen-bond acceptors (Lipinski definition) is 0. The van der Waals surface area contributed by atoms with Gasteiger partial charge in [-0.25, -0.2) is 0 Å². The zero-order valence-electron chi connectivity index (χ0n) is 9.96. The highest BCUT2D eigenvalue weighted by Crippen LogP contribution is 2.42. The fourth-order valence-corrected chi connectivity index (χ4v) is 3.11. The highest BCUT2D eigenvalue weighted by Gasteiger charge is 2.35. The highest BCUT2D eigenvalue weighted by atomic mass is 15.0. The molecule has 1 heteroatoms.